The lowest BCUT2D eigenvalue weighted by molar-refractivity contribution is 0.314. The van der Waals surface area contributed by atoms with Gasteiger partial charge in [-0.25, -0.2) is 13.2 Å². The van der Waals surface area contributed by atoms with E-state index in [0.29, 0.717) is 24.8 Å². The molecule has 1 atom stereocenters. The van der Waals surface area contributed by atoms with Crippen molar-refractivity contribution in [2.75, 3.05) is 6.61 Å². The molecule has 0 N–H and O–H groups in total. The van der Waals surface area contributed by atoms with Crippen LogP contribution in [-0.2, 0) is 0 Å². The topological polar surface area (TPSA) is 18.5 Å². The Morgan fingerprint density at radius 1 is 0.853 bits per heavy atom. The average molecular weight is 586 g/mol. The summed E-state index contributed by atoms with van der Waals surface area (Å²) in [6.45, 7) is 1.83. The van der Waals surface area contributed by atoms with Crippen LogP contribution < -0.4 is 7.80 Å². The summed E-state index contributed by atoms with van der Waals surface area (Å²) >= 11 is 1.50. The number of ether oxygens (including phenoxy) is 1. The fourth-order valence-electron chi connectivity index (χ4n) is 4.24. The number of rotatable bonds is 6. The molecule has 3 aromatic rings. The summed E-state index contributed by atoms with van der Waals surface area (Å²) in [5, 5.41) is 0. The predicted octanol–water partition coefficient (Wildman–Crippen LogP) is 8.53. The Morgan fingerprint density at radius 2 is 1.56 bits per heavy atom. The summed E-state index contributed by atoms with van der Waals surface area (Å²) in [4.78, 5) is 0. The van der Waals surface area contributed by atoms with E-state index in [-0.39, 0.29) is 40.7 Å². The third kappa shape index (κ3) is 4.64. The van der Waals surface area contributed by atoms with Gasteiger partial charge in [0, 0.05) is 11.1 Å². The molecule has 1 aliphatic carbocycles. The van der Waals surface area contributed by atoms with E-state index in [1.165, 1.54) is 59.4 Å². The highest BCUT2D eigenvalue weighted by atomic mass is 127. The molecule has 1 unspecified atom stereocenters. The molecule has 0 radical (unpaired) electrons. The molecule has 0 saturated carbocycles. The molecule has 0 aromatic heterocycles. The first-order chi connectivity index (χ1) is 16.3. The van der Waals surface area contributed by atoms with Crippen LogP contribution in [0.15, 0.2) is 48.5 Å². The summed E-state index contributed by atoms with van der Waals surface area (Å²) in [7, 11) is 0. The summed E-state index contributed by atoms with van der Waals surface area (Å²) in [6, 6.07) is 9.81. The van der Waals surface area contributed by atoms with Gasteiger partial charge in [-0.3, -0.25) is 0 Å². The molecule has 0 aliphatic heterocycles. The quantitative estimate of drug-likeness (QED) is 0.213. The van der Waals surface area contributed by atoms with Gasteiger partial charge in [0.05, 0.1) is 6.61 Å². The van der Waals surface area contributed by atoms with Gasteiger partial charge in [-0.05, 0) is 73.1 Å². The van der Waals surface area contributed by atoms with E-state index < -0.39 is 29.1 Å². The number of benzene rings is 3. The van der Waals surface area contributed by atoms with Crippen molar-refractivity contribution >= 4 is 28.6 Å². The minimum absolute atomic E-state index is 0.0624. The Labute approximate surface area is 208 Å². The van der Waals surface area contributed by atoms with Gasteiger partial charge in [0.25, 0.3) is 0 Å². The highest BCUT2D eigenvalue weighted by Gasteiger charge is 2.24. The molecule has 4 rings (SSSR count). The molecule has 3 aromatic carbocycles. The molecule has 0 amide bonds. The zero-order valence-electron chi connectivity index (χ0n) is 18.1. The van der Waals surface area contributed by atoms with Crippen LogP contribution in [0.5, 0.6) is 11.5 Å². The molecule has 0 heterocycles. The smallest absolute Gasteiger partial charge is 0.202 e. The Morgan fingerprint density at radius 3 is 2.21 bits per heavy atom. The lowest BCUT2D eigenvalue weighted by Crippen LogP contribution is -2.08. The molecular formula is C26H20F5IO2. The van der Waals surface area contributed by atoms with Gasteiger partial charge >= 0.3 is 0 Å². The first kappa shape index (κ1) is 24.5. The van der Waals surface area contributed by atoms with E-state index in [2.05, 4.69) is 0 Å². The van der Waals surface area contributed by atoms with E-state index in [0.717, 1.165) is 5.57 Å². The standard InChI is InChI=1S/C26H20F5IO2/c1-2-33-21-11-10-19(24(29)25(21)30)18-8-7-16(13-20(18)27)14-3-5-15(6-4-14)17-9-12-22(34-32)26(31)23(17)28/h3,7-13,15H,2,4-6H2,1H3. The maximum atomic E-state index is 14.9. The zero-order valence-corrected chi connectivity index (χ0v) is 20.3. The highest BCUT2D eigenvalue weighted by molar-refractivity contribution is 14.1. The molecular weight excluding hydrogens is 566 g/mol. The van der Waals surface area contributed by atoms with E-state index in [1.807, 2.05) is 6.08 Å². The predicted molar refractivity (Wildman–Crippen MR) is 128 cm³/mol. The van der Waals surface area contributed by atoms with Crippen molar-refractivity contribution in [1.29, 1.82) is 0 Å². The molecule has 0 saturated heterocycles. The van der Waals surface area contributed by atoms with Crippen LogP contribution in [0.2, 0.25) is 0 Å². The van der Waals surface area contributed by atoms with Crippen molar-refractivity contribution in [2.45, 2.75) is 32.1 Å². The Hall–Kier alpha value is -2.62. The van der Waals surface area contributed by atoms with Crippen LogP contribution >= 0.6 is 23.0 Å². The van der Waals surface area contributed by atoms with Gasteiger partial charge in [-0.2, -0.15) is 8.78 Å². The maximum Gasteiger partial charge on any atom is 0.202 e. The zero-order chi connectivity index (χ0) is 24.4. The largest absolute Gasteiger partial charge is 0.491 e. The van der Waals surface area contributed by atoms with Crippen LogP contribution in [0.25, 0.3) is 16.7 Å². The van der Waals surface area contributed by atoms with Crippen molar-refractivity contribution in [3.63, 3.8) is 0 Å². The lowest BCUT2D eigenvalue weighted by Gasteiger charge is -2.23. The van der Waals surface area contributed by atoms with Crippen LogP contribution in [-0.4, -0.2) is 6.61 Å². The maximum absolute atomic E-state index is 14.9. The second-order valence-electron chi connectivity index (χ2n) is 7.93. The van der Waals surface area contributed by atoms with Gasteiger partial charge < -0.3 is 7.80 Å². The SMILES string of the molecule is CCOc1ccc(-c2ccc(C3=CCC(c4ccc(OI)c(F)c4F)CC3)cc2F)c(F)c1F. The van der Waals surface area contributed by atoms with Crippen molar-refractivity contribution in [2.24, 2.45) is 0 Å². The van der Waals surface area contributed by atoms with Gasteiger partial charge in [-0.15, -0.1) is 0 Å². The first-order valence-electron chi connectivity index (χ1n) is 10.7. The molecule has 0 fully saturated rings. The minimum Gasteiger partial charge on any atom is -0.491 e. The number of allylic oxidation sites excluding steroid dienone is 2. The van der Waals surface area contributed by atoms with E-state index >= 15 is 0 Å². The third-order valence-corrected chi connectivity index (χ3v) is 6.46. The van der Waals surface area contributed by atoms with Gasteiger partial charge in [0.2, 0.25) is 11.6 Å². The molecule has 0 spiro atoms. The fourth-order valence-corrected chi connectivity index (χ4v) is 4.58. The van der Waals surface area contributed by atoms with Crippen molar-refractivity contribution in [1.82, 2.24) is 0 Å². The van der Waals surface area contributed by atoms with Gasteiger partial charge in [-0.1, -0.05) is 24.3 Å². The summed E-state index contributed by atoms with van der Waals surface area (Å²) in [5.74, 6) is -5.56. The third-order valence-electron chi connectivity index (χ3n) is 5.99. The van der Waals surface area contributed by atoms with Gasteiger partial charge in [0.15, 0.2) is 46.1 Å². The normalized spacial score (nSPS) is 15.7. The monoisotopic (exact) mass is 586 g/mol. The first-order valence-corrected chi connectivity index (χ1v) is 11.6. The molecule has 1 aliphatic rings. The molecule has 34 heavy (non-hydrogen) atoms. The van der Waals surface area contributed by atoms with Crippen LogP contribution in [0.4, 0.5) is 22.0 Å². The molecule has 8 heteroatoms. The second-order valence-corrected chi connectivity index (χ2v) is 8.37. The van der Waals surface area contributed by atoms with E-state index in [1.54, 1.807) is 13.0 Å². The Kier molecular flexibility index (Phi) is 7.45. The summed E-state index contributed by atoms with van der Waals surface area (Å²) in [5.41, 5.74) is 1.48. The minimum atomic E-state index is -1.18. The fraction of sp³-hybridized carbons (Fsp3) is 0.231. The number of hydrogen-bond donors (Lipinski definition) is 0. The van der Waals surface area contributed by atoms with Crippen molar-refractivity contribution in [3.8, 4) is 22.6 Å². The number of hydrogen-bond acceptors (Lipinski definition) is 2. The van der Waals surface area contributed by atoms with Crippen molar-refractivity contribution in [3.05, 3.63) is 88.8 Å². The van der Waals surface area contributed by atoms with Gasteiger partial charge in [0.1, 0.15) is 5.82 Å². The average Bonchev–Trinajstić information content (AvgIpc) is 2.84. The van der Waals surface area contributed by atoms with Crippen LogP contribution in [0.1, 0.15) is 43.2 Å². The molecule has 0 bridgehead atoms. The summed E-state index contributed by atoms with van der Waals surface area (Å²) in [6.07, 6.45) is 3.41. The summed E-state index contributed by atoms with van der Waals surface area (Å²) < 4.78 is 82.0. The Balaban J connectivity index is 1.56. The lowest BCUT2D eigenvalue weighted by atomic mass is 9.82. The molecule has 178 valence electrons. The highest BCUT2D eigenvalue weighted by Crippen LogP contribution is 2.40. The van der Waals surface area contributed by atoms with Crippen LogP contribution in [0, 0.1) is 29.1 Å². The second kappa shape index (κ2) is 10.3. The van der Waals surface area contributed by atoms with Crippen LogP contribution in [0.3, 0.4) is 0 Å². The Bertz CT molecular complexity index is 1260. The van der Waals surface area contributed by atoms with E-state index in [9.17, 15) is 22.0 Å². The number of halogens is 6. The van der Waals surface area contributed by atoms with E-state index in [4.69, 9.17) is 7.80 Å². The molecule has 2 nitrogen and oxygen atoms in total. The van der Waals surface area contributed by atoms with Crippen molar-refractivity contribution < 1.29 is 29.8 Å².